The molecule has 1 fully saturated rings. The smallest absolute Gasteiger partial charge is 0.260 e. The van der Waals surface area contributed by atoms with Gasteiger partial charge in [0.1, 0.15) is 0 Å². The van der Waals surface area contributed by atoms with Crippen molar-refractivity contribution >= 4 is 5.91 Å². The summed E-state index contributed by atoms with van der Waals surface area (Å²) in [5.41, 5.74) is 0.485. The Kier molecular flexibility index (Phi) is 5.56. The Morgan fingerprint density at radius 3 is 2.57 bits per heavy atom. The molecule has 2 rings (SSSR count). The third-order valence-electron chi connectivity index (χ3n) is 3.75. The van der Waals surface area contributed by atoms with Gasteiger partial charge in [0, 0.05) is 13.1 Å². The molecule has 5 heteroatoms. The molecule has 0 spiro atoms. The number of amides is 1. The van der Waals surface area contributed by atoms with Gasteiger partial charge in [-0.05, 0) is 37.5 Å². The molecule has 1 heterocycles. The Labute approximate surface area is 124 Å². The van der Waals surface area contributed by atoms with Gasteiger partial charge in [0.05, 0.1) is 6.10 Å². The zero-order chi connectivity index (χ0) is 15.2. The number of rotatable bonds is 4. The van der Waals surface area contributed by atoms with E-state index in [1.165, 1.54) is 12.1 Å². The molecule has 1 amide bonds. The summed E-state index contributed by atoms with van der Waals surface area (Å²) in [4.78, 5) is 13.8. The summed E-state index contributed by atoms with van der Waals surface area (Å²) in [5.74, 6) is -0.615. The number of ether oxygens (including phenoxy) is 1. The Morgan fingerprint density at radius 2 is 2.00 bits per heavy atom. The lowest BCUT2D eigenvalue weighted by Gasteiger charge is -2.20. The van der Waals surface area contributed by atoms with Crippen LogP contribution in [-0.2, 0) is 4.79 Å². The summed E-state index contributed by atoms with van der Waals surface area (Å²) >= 11 is 0. The second kappa shape index (κ2) is 7.41. The minimum absolute atomic E-state index is 0.0440. The summed E-state index contributed by atoms with van der Waals surface area (Å²) in [6.07, 6.45) is 3.61. The van der Waals surface area contributed by atoms with Crippen LogP contribution in [0.2, 0.25) is 0 Å². The van der Waals surface area contributed by atoms with E-state index in [2.05, 4.69) is 0 Å². The lowest BCUT2D eigenvalue weighted by Crippen LogP contribution is -2.35. The maximum absolute atomic E-state index is 13.8. The molecule has 1 unspecified atom stereocenters. The van der Waals surface area contributed by atoms with Crippen LogP contribution >= 0.6 is 0 Å². The van der Waals surface area contributed by atoms with Crippen molar-refractivity contribution in [1.82, 2.24) is 4.90 Å². The number of likely N-dealkylation sites (tertiary alicyclic amines) is 1. The van der Waals surface area contributed by atoms with E-state index in [1.807, 2.05) is 0 Å². The van der Waals surface area contributed by atoms with Gasteiger partial charge in [0.25, 0.3) is 5.91 Å². The highest BCUT2D eigenvalue weighted by Crippen LogP contribution is 2.22. The van der Waals surface area contributed by atoms with Gasteiger partial charge in [-0.3, -0.25) is 4.79 Å². The SMILES string of the molecule is CC(O)c1ccc(OCC(=O)N2CCCCCC2)c(F)c1. The first-order valence-corrected chi connectivity index (χ1v) is 7.46. The molecule has 116 valence electrons. The first-order valence-electron chi connectivity index (χ1n) is 7.46. The van der Waals surface area contributed by atoms with Crippen LogP contribution in [0, 0.1) is 5.82 Å². The number of halogens is 1. The highest BCUT2D eigenvalue weighted by Gasteiger charge is 2.17. The molecule has 0 radical (unpaired) electrons. The van der Waals surface area contributed by atoms with Crippen LogP contribution in [0.25, 0.3) is 0 Å². The normalized spacial score (nSPS) is 17.2. The van der Waals surface area contributed by atoms with E-state index in [0.29, 0.717) is 5.56 Å². The number of aliphatic hydroxyl groups excluding tert-OH is 1. The van der Waals surface area contributed by atoms with E-state index in [-0.39, 0.29) is 18.3 Å². The summed E-state index contributed by atoms with van der Waals surface area (Å²) < 4.78 is 19.1. The molecule has 0 aliphatic carbocycles. The van der Waals surface area contributed by atoms with Crippen molar-refractivity contribution in [2.75, 3.05) is 19.7 Å². The summed E-state index contributed by atoms with van der Waals surface area (Å²) in [6, 6.07) is 4.28. The van der Waals surface area contributed by atoms with Crippen molar-refractivity contribution in [2.45, 2.75) is 38.7 Å². The summed E-state index contributed by atoms with van der Waals surface area (Å²) in [7, 11) is 0. The highest BCUT2D eigenvalue weighted by atomic mass is 19.1. The average molecular weight is 295 g/mol. The van der Waals surface area contributed by atoms with Crippen LogP contribution in [0.5, 0.6) is 5.75 Å². The van der Waals surface area contributed by atoms with E-state index < -0.39 is 11.9 Å². The van der Waals surface area contributed by atoms with Gasteiger partial charge in [-0.1, -0.05) is 18.9 Å². The number of carbonyl (C=O) groups excluding carboxylic acids is 1. The third kappa shape index (κ3) is 4.43. The first-order chi connectivity index (χ1) is 10.1. The maximum atomic E-state index is 13.8. The van der Waals surface area contributed by atoms with E-state index in [1.54, 1.807) is 17.9 Å². The van der Waals surface area contributed by atoms with Gasteiger partial charge >= 0.3 is 0 Å². The van der Waals surface area contributed by atoms with Crippen LogP contribution in [0.15, 0.2) is 18.2 Å². The molecule has 1 aromatic rings. The quantitative estimate of drug-likeness (QED) is 0.929. The van der Waals surface area contributed by atoms with Crippen LogP contribution in [0.4, 0.5) is 4.39 Å². The largest absolute Gasteiger partial charge is 0.481 e. The molecule has 1 aromatic carbocycles. The average Bonchev–Trinajstić information content (AvgIpc) is 2.74. The fourth-order valence-electron chi connectivity index (χ4n) is 2.44. The number of carbonyl (C=O) groups is 1. The van der Waals surface area contributed by atoms with Crippen molar-refractivity contribution in [1.29, 1.82) is 0 Å². The second-order valence-corrected chi connectivity index (χ2v) is 5.45. The van der Waals surface area contributed by atoms with Gasteiger partial charge in [-0.2, -0.15) is 0 Å². The number of hydrogen-bond acceptors (Lipinski definition) is 3. The van der Waals surface area contributed by atoms with Crippen LogP contribution in [0.3, 0.4) is 0 Å². The molecule has 1 saturated heterocycles. The third-order valence-corrected chi connectivity index (χ3v) is 3.75. The van der Waals surface area contributed by atoms with Crippen molar-refractivity contribution in [2.24, 2.45) is 0 Å². The summed E-state index contributed by atoms with van der Waals surface area (Å²) in [6.45, 7) is 2.93. The molecule has 1 atom stereocenters. The monoisotopic (exact) mass is 295 g/mol. The van der Waals surface area contributed by atoms with Gasteiger partial charge in [-0.25, -0.2) is 4.39 Å². The Hall–Kier alpha value is -1.62. The van der Waals surface area contributed by atoms with Gasteiger partial charge in [0.15, 0.2) is 18.2 Å². The molecule has 21 heavy (non-hydrogen) atoms. The zero-order valence-electron chi connectivity index (χ0n) is 12.3. The summed E-state index contributed by atoms with van der Waals surface area (Å²) in [5, 5.41) is 9.39. The van der Waals surface area contributed by atoms with Crippen LogP contribution < -0.4 is 4.74 Å². The minimum atomic E-state index is -0.729. The second-order valence-electron chi connectivity index (χ2n) is 5.45. The van der Waals surface area contributed by atoms with E-state index >= 15 is 0 Å². The lowest BCUT2D eigenvalue weighted by molar-refractivity contribution is -0.133. The van der Waals surface area contributed by atoms with Crippen molar-refractivity contribution in [3.8, 4) is 5.75 Å². The number of nitrogens with zero attached hydrogens (tertiary/aromatic N) is 1. The number of hydrogen-bond donors (Lipinski definition) is 1. The van der Waals surface area contributed by atoms with Crippen molar-refractivity contribution in [3.63, 3.8) is 0 Å². The fourth-order valence-corrected chi connectivity index (χ4v) is 2.44. The number of aliphatic hydroxyl groups is 1. The van der Waals surface area contributed by atoms with Crippen LogP contribution in [-0.4, -0.2) is 35.6 Å². The van der Waals surface area contributed by atoms with Crippen molar-refractivity contribution < 1.29 is 19.0 Å². The lowest BCUT2D eigenvalue weighted by atomic mass is 10.1. The zero-order valence-corrected chi connectivity index (χ0v) is 12.3. The Morgan fingerprint density at radius 1 is 1.33 bits per heavy atom. The molecule has 0 saturated carbocycles. The maximum Gasteiger partial charge on any atom is 0.260 e. The van der Waals surface area contributed by atoms with E-state index in [4.69, 9.17) is 4.74 Å². The van der Waals surface area contributed by atoms with Crippen molar-refractivity contribution in [3.05, 3.63) is 29.6 Å². The Balaban J connectivity index is 1.91. The van der Waals surface area contributed by atoms with E-state index in [9.17, 15) is 14.3 Å². The Bertz CT molecular complexity index is 482. The van der Waals surface area contributed by atoms with E-state index in [0.717, 1.165) is 38.8 Å². The van der Waals surface area contributed by atoms with Gasteiger partial charge in [-0.15, -0.1) is 0 Å². The highest BCUT2D eigenvalue weighted by molar-refractivity contribution is 5.77. The first kappa shape index (κ1) is 15.8. The molecule has 1 aliphatic rings. The number of benzene rings is 1. The molecule has 0 bridgehead atoms. The van der Waals surface area contributed by atoms with Crippen LogP contribution in [0.1, 0.15) is 44.3 Å². The molecule has 4 nitrogen and oxygen atoms in total. The van der Waals surface area contributed by atoms with Gasteiger partial charge < -0.3 is 14.7 Å². The predicted molar refractivity (Wildman–Crippen MR) is 77.6 cm³/mol. The molecule has 1 aliphatic heterocycles. The fraction of sp³-hybridized carbons (Fsp3) is 0.562. The van der Waals surface area contributed by atoms with Gasteiger partial charge in [0.2, 0.25) is 0 Å². The molecular formula is C16H22FNO3. The standard InChI is InChI=1S/C16H22FNO3/c1-12(19)13-6-7-15(14(17)10-13)21-11-16(20)18-8-4-2-3-5-9-18/h6-7,10,12,19H,2-5,8-9,11H2,1H3. The minimum Gasteiger partial charge on any atom is -0.481 e. The topological polar surface area (TPSA) is 49.8 Å². The molecule has 1 N–H and O–H groups in total. The predicted octanol–water partition coefficient (Wildman–Crippen LogP) is 2.66. The molecular weight excluding hydrogens is 273 g/mol. The molecule has 0 aromatic heterocycles.